The van der Waals surface area contributed by atoms with Crippen LogP contribution in [-0.2, 0) is 0 Å². The highest BCUT2D eigenvalue weighted by Crippen LogP contribution is 2.22. The molecule has 4 rings (SSSR count). The number of nitrogens with zero attached hydrogens (tertiary/aromatic N) is 4. The number of fused-ring (bicyclic) bond motifs is 1. The Hall–Kier alpha value is -3.82. The topological polar surface area (TPSA) is 71.6 Å². The molecule has 0 atom stereocenters. The van der Waals surface area contributed by atoms with Crippen LogP contribution in [0, 0.1) is 17.1 Å². The Morgan fingerprint density at radius 3 is 2.66 bits per heavy atom. The molecule has 0 unspecified atom stereocenters. The van der Waals surface area contributed by atoms with Gasteiger partial charge < -0.3 is 0 Å². The number of benzene rings is 2. The second kappa shape index (κ2) is 7.66. The van der Waals surface area contributed by atoms with E-state index < -0.39 is 11.4 Å². The number of hydrogen-bond acceptors (Lipinski definition) is 4. The molecule has 0 saturated carbocycles. The molecule has 0 fully saturated rings. The summed E-state index contributed by atoms with van der Waals surface area (Å²) in [5, 5.41) is 9.51. The van der Waals surface area contributed by atoms with Crippen LogP contribution in [0.4, 0.5) is 4.39 Å². The van der Waals surface area contributed by atoms with Gasteiger partial charge in [0.15, 0.2) is 0 Å². The highest BCUT2D eigenvalue weighted by molar-refractivity contribution is 6.32. The maximum absolute atomic E-state index is 13.7. The van der Waals surface area contributed by atoms with Gasteiger partial charge in [0.25, 0.3) is 5.56 Å². The Bertz CT molecular complexity index is 1370. The number of hydrogen-bond donors (Lipinski definition) is 0. The van der Waals surface area contributed by atoms with Crippen molar-refractivity contribution >= 4 is 34.7 Å². The molecule has 0 aliphatic carbocycles. The van der Waals surface area contributed by atoms with Crippen molar-refractivity contribution < 1.29 is 4.39 Å². The fourth-order valence-electron chi connectivity index (χ4n) is 2.92. The molecule has 0 radical (unpaired) electrons. The van der Waals surface area contributed by atoms with Gasteiger partial charge in [-0.05, 0) is 54.6 Å². The predicted octanol–water partition coefficient (Wildman–Crippen LogP) is 4.62. The van der Waals surface area contributed by atoms with Gasteiger partial charge in [0.1, 0.15) is 23.4 Å². The van der Waals surface area contributed by atoms with Crippen LogP contribution < -0.4 is 5.56 Å². The quantitative estimate of drug-likeness (QED) is 0.501. The minimum Gasteiger partial charge on any atom is -0.268 e. The molecule has 0 N–H and O–H groups in total. The van der Waals surface area contributed by atoms with Gasteiger partial charge in [0, 0.05) is 0 Å². The molecule has 4 aromatic rings. The summed E-state index contributed by atoms with van der Waals surface area (Å²) in [5.41, 5.74) is 1.15. The van der Waals surface area contributed by atoms with Crippen molar-refractivity contribution in [2.24, 2.45) is 0 Å². The number of para-hydroxylation sites is 1. The van der Waals surface area contributed by atoms with Crippen molar-refractivity contribution in [2.45, 2.75) is 0 Å². The van der Waals surface area contributed by atoms with E-state index in [1.165, 1.54) is 16.7 Å². The number of pyridine rings is 1. The molecule has 7 heteroatoms. The van der Waals surface area contributed by atoms with E-state index in [-0.39, 0.29) is 11.1 Å². The van der Waals surface area contributed by atoms with Crippen molar-refractivity contribution in [2.75, 3.05) is 0 Å². The van der Waals surface area contributed by atoms with Crippen LogP contribution in [-0.4, -0.2) is 14.5 Å². The monoisotopic (exact) mass is 402 g/mol. The summed E-state index contributed by atoms with van der Waals surface area (Å²) in [6.45, 7) is 0. The zero-order valence-electron chi connectivity index (χ0n) is 14.9. The lowest BCUT2D eigenvalue weighted by atomic mass is 10.2. The van der Waals surface area contributed by atoms with E-state index in [4.69, 9.17) is 16.9 Å². The number of nitriles is 1. The minimum atomic E-state index is -0.525. The van der Waals surface area contributed by atoms with Crippen LogP contribution in [0.1, 0.15) is 17.2 Å². The summed E-state index contributed by atoms with van der Waals surface area (Å²) >= 11 is 6.31. The van der Waals surface area contributed by atoms with Crippen LogP contribution in [0.5, 0.6) is 0 Å². The lowest BCUT2D eigenvalue weighted by Crippen LogP contribution is -2.22. The summed E-state index contributed by atoms with van der Waals surface area (Å²) in [7, 11) is 0. The second-order valence-corrected chi connectivity index (χ2v) is 6.52. The number of halogens is 2. The molecule has 0 aliphatic heterocycles. The van der Waals surface area contributed by atoms with Gasteiger partial charge in [0.05, 0.1) is 27.3 Å². The van der Waals surface area contributed by atoms with Crippen LogP contribution in [0.25, 0.3) is 28.7 Å². The highest BCUT2D eigenvalue weighted by Gasteiger charge is 2.14. The average molecular weight is 403 g/mol. The van der Waals surface area contributed by atoms with Crippen molar-refractivity contribution in [1.29, 1.82) is 5.26 Å². The first-order chi connectivity index (χ1) is 14.1. The molecule has 0 amide bonds. The first kappa shape index (κ1) is 18.5. The smallest absolute Gasteiger partial charge is 0.266 e. The Balaban J connectivity index is 1.97. The minimum absolute atomic E-state index is 0.145. The Morgan fingerprint density at radius 1 is 1.03 bits per heavy atom. The van der Waals surface area contributed by atoms with Gasteiger partial charge in [-0.1, -0.05) is 29.8 Å². The summed E-state index contributed by atoms with van der Waals surface area (Å²) < 4.78 is 15.0. The first-order valence-electron chi connectivity index (χ1n) is 8.59. The largest absolute Gasteiger partial charge is 0.268 e. The lowest BCUT2D eigenvalue weighted by Gasteiger charge is -2.12. The van der Waals surface area contributed by atoms with Gasteiger partial charge in [-0.25, -0.2) is 14.4 Å². The molecule has 0 bridgehead atoms. The van der Waals surface area contributed by atoms with Crippen molar-refractivity contribution in [3.05, 3.63) is 99.1 Å². The zero-order chi connectivity index (χ0) is 20.4. The third-order valence-electron chi connectivity index (χ3n) is 4.24. The van der Waals surface area contributed by atoms with Crippen molar-refractivity contribution in [3.8, 4) is 11.8 Å². The fourth-order valence-corrected chi connectivity index (χ4v) is 3.14. The van der Waals surface area contributed by atoms with Crippen LogP contribution in [0.3, 0.4) is 0 Å². The maximum atomic E-state index is 13.7. The third kappa shape index (κ3) is 3.64. The maximum Gasteiger partial charge on any atom is 0.266 e. The zero-order valence-corrected chi connectivity index (χ0v) is 15.6. The molecular weight excluding hydrogens is 391 g/mol. The summed E-state index contributed by atoms with van der Waals surface area (Å²) in [6.07, 6.45) is 3.25. The van der Waals surface area contributed by atoms with Gasteiger partial charge in [-0.15, -0.1) is 0 Å². The van der Waals surface area contributed by atoms with Crippen molar-refractivity contribution in [1.82, 2.24) is 14.5 Å². The summed E-state index contributed by atoms with van der Waals surface area (Å²) in [6, 6.07) is 17.7. The first-order valence-corrected chi connectivity index (χ1v) is 8.97. The van der Waals surface area contributed by atoms with Gasteiger partial charge in [-0.3, -0.25) is 9.36 Å². The molecule has 5 nitrogen and oxygen atoms in total. The van der Waals surface area contributed by atoms with Gasteiger partial charge >= 0.3 is 0 Å². The highest BCUT2D eigenvalue weighted by atomic mass is 35.5. The summed E-state index contributed by atoms with van der Waals surface area (Å²) in [4.78, 5) is 21.9. The van der Waals surface area contributed by atoms with E-state index in [0.717, 1.165) is 6.07 Å². The predicted molar refractivity (Wildman–Crippen MR) is 110 cm³/mol. The number of aromatic nitrogens is 3. The normalized spacial score (nSPS) is 11.1. The molecule has 2 aromatic heterocycles. The molecule has 29 heavy (non-hydrogen) atoms. The molecular formula is C22H12ClFN4O. The summed E-state index contributed by atoms with van der Waals surface area (Å²) in [5.74, 6) is -0.228. The Labute approximate surface area is 170 Å². The molecule has 2 heterocycles. The lowest BCUT2D eigenvalue weighted by molar-refractivity contribution is 0.629. The van der Waals surface area contributed by atoms with E-state index in [1.54, 1.807) is 54.6 Å². The van der Waals surface area contributed by atoms with Crippen molar-refractivity contribution in [3.63, 3.8) is 0 Å². The SMILES string of the molecule is N#Cc1cccc(/C=C/c2nc3ccc(F)cc3c(=O)n2-c2ccccc2Cl)n1. The van der Waals surface area contributed by atoms with E-state index in [9.17, 15) is 9.18 Å². The Kier molecular flexibility index (Phi) is 4.90. The second-order valence-electron chi connectivity index (χ2n) is 6.12. The van der Waals surface area contributed by atoms with Crippen LogP contribution in [0.2, 0.25) is 5.02 Å². The molecule has 140 valence electrons. The molecule has 0 spiro atoms. The van der Waals surface area contributed by atoms with Gasteiger partial charge in [0.2, 0.25) is 0 Å². The average Bonchev–Trinajstić information content (AvgIpc) is 2.74. The van der Waals surface area contributed by atoms with E-state index in [0.29, 0.717) is 27.7 Å². The standard InChI is InChI=1S/C22H12ClFN4O/c23-18-6-1-2-7-20(18)28-21(11-9-15-4-3-5-16(13-25)26-15)27-19-10-8-14(24)12-17(19)22(28)29/h1-12H/b11-9+. The Morgan fingerprint density at radius 2 is 1.86 bits per heavy atom. The van der Waals surface area contributed by atoms with E-state index in [2.05, 4.69) is 9.97 Å². The molecule has 2 aromatic carbocycles. The molecule has 0 saturated heterocycles. The third-order valence-corrected chi connectivity index (χ3v) is 4.56. The fraction of sp³-hybridized carbons (Fsp3) is 0. The van der Waals surface area contributed by atoms with Crippen LogP contribution in [0.15, 0.2) is 65.5 Å². The number of rotatable bonds is 3. The van der Waals surface area contributed by atoms with E-state index in [1.807, 2.05) is 6.07 Å². The van der Waals surface area contributed by atoms with Crippen LogP contribution >= 0.6 is 11.6 Å². The van der Waals surface area contributed by atoms with Gasteiger partial charge in [-0.2, -0.15) is 5.26 Å². The molecule has 0 aliphatic rings. The van der Waals surface area contributed by atoms with E-state index >= 15 is 0 Å².